The lowest BCUT2D eigenvalue weighted by Crippen LogP contribution is -2.10. The van der Waals surface area contributed by atoms with Crippen molar-refractivity contribution in [1.82, 2.24) is 0 Å². The molecule has 0 aliphatic rings. The first-order chi connectivity index (χ1) is 8.20. The van der Waals surface area contributed by atoms with Crippen LogP contribution in [0.3, 0.4) is 0 Å². The fourth-order valence-corrected chi connectivity index (χ4v) is 1.34. The van der Waals surface area contributed by atoms with Crippen molar-refractivity contribution in [2.75, 3.05) is 26.9 Å². The van der Waals surface area contributed by atoms with E-state index in [9.17, 15) is 4.79 Å². The standard InChI is InChI=1S/C12H16O5/c1-3-16-7-8-17-11-9(12(13)14)5-4-6-10(11)15-2/h4-6H,3,7-8H2,1-2H3,(H,13,14). The maximum absolute atomic E-state index is 11.0. The third kappa shape index (κ3) is 3.64. The highest BCUT2D eigenvalue weighted by atomic mass is 16.5. The monoisotopic (exact) mass is 240 g/mol. The molecule has 1 aromatic carbocycles. The van der Waals surface area contributed by atoms with Gasteiger partial charge in [-0.05, 0) is 19.1 Å². The van der Waals surface area contributed by atoms with Crippen LogP contribution >= 0.6 is 0 Å². The Bertz CT molecular complexity index is 375. The van der Waals surface area contributed by atoms with Gasteiger partial charge < -0.3 is 19.3 Å². The lowest BCUT2D eigenvalue weighted by molar-refractivity contribution is 0.0685. The summed E-state index contributed by atoms with van der Waals surface area (Å²) in [7, 11) is 1.47. The van der Waals surface area contributed by atoms with E-state index in [-0.39, 0.29) is 17.9 Å². The molecule has 0 heterocycles. The molecule has 0 saturated carbocycles. The van der Waals surface area contributed by atoms with Crippen LogP contribution in [0.5, 0.6) is 11.5 Å². The van der Waals surface area contributed by atoms with Gasteiger partial charge in [0, 0.05) is 6.61 Å². The predicted molar refractivity (Wildman–Crippen MR) is 61.9 cm³/mol. The minimum Gasteiger partial charge on any atom is -0.493 e. The number of hydrogen-bond donors (Lipinski definition) is 1. The number of benzene rings is 1. The van der Waals surface area contributed by atoms with Crippen molar-refractivity contribution in [1.29, 1.82) is 0 Å². The van der Waals surface area contributed by atoms with Gasteiger partial charge in [-0.15, -0.1) is 0 Å². The molecule has 0 aromatic heterocycles. The van der Waals surface area contributed by atoms with Gasteiger partial charge in [-0.1, -0.05) is 6.07 Å². The van der Waals surface area contributed by atoms with E-state index in [1.807, 2.05) is 6.92 Å². The normalized spacial score (nSPS) is 10.0. The number of aromatic carboxylic acids is 1. The molecule has 0 saturated heterocycles. The Morgan fingerprint density at radius 3 is 2.71 bits per heavy atom. The molecule has 1 rings (SSSR count). The summed E-state index contributed by atoms with van der Waals surface area (Å²) in [5, 5.41) is 9.02. The highest BCUT2D eigenvalue weighted by Gasteiger charge is 2.15. The van der Waals surface area contributed by atoms with Gasteiger partial charge in [-0.25, -0.2) is 4.79 Å². The Morgan fingerprint density at radius 2 is 2.12 bits per heavy atom. The summed E-state index contributed by atoms with van der Waals surface area (Å²) in [5.41, 5.74) is 0.0841. The van der Waals surface area contributed by atoms with Crippen LogP contribution in [-0.2, 0) is 4.74 Å². The van der Waals surface area contributed by atoms with E-state index >= 15 is 0 Å². The van der Waals surface area contributed by atoms with Gasteiger partial charge in [0.2, 0.25) is 0 Å². The van der Waals surface area contributed by atoms with Crippen molar-refractivity contribution in [3.63, 3.8) is 0 Å². The largest absolute Gasteiger partial charge is 0.493 e. The maximum Gasteiger partial charge on any atom is 0.339 e. The van der Waals surface area contributed by atoms with Crippen LogP contribution < -0.4 is 9.47 Å². The summed E-state index contributed by atoms with van der Waals surface area (Å²) in [6.07, 6.45) is 0. The van der Waals surface area contributed by atoms with Crippen molar-refractivity contribution in [3.05, 3.63) is 23.8 Å². The van der Waals surface area contributed by atoms with Crippen molar-refractivity contribution in [2.24, 2.45) is 0 Å². The average Bonchev–Trinajstić information content (AvgIpc) is 2.34. The van der Waals surface area contributed by atoms with Crippen molar-refractivity contribution >= 4 is 5.97 Å². The van der Waals surface area contributed by atoms with Crippen LogP contribution in [0.4, 0.5) is 0 Å². The molecule has 0 unspecified atom stereocenters. The predicted octanol–water partition coefficient (Wildman–Crippen LogP) is 1.81. The fraction of sp³-hybridized carbons (Fsp3) is 0.417. The highest BCUT2D eigenvalue weighted by molar-refractivity contribution is 5.92. The molecular formula is C12H16O5. The number of carbonyl (C=O) groups is 1. The van der Waals surface area contributed by atoms with Gasteiger partial charge in [0.15, 0.2) is 11.5 Å². The van der Waals surface area contributed by atoms with Gasteiger partial charge >= 0.3 is 5.97 Å². The molecule has 0 aliphatic carbocycles. The Morgan fingerprint density at radius 1 is 1.35 bits per heavy atom. The summed E-state index contributed by atoms with van der Waals surface area (Å²) < 4.78 is 15.6. The zero-order valence-corrected chi connectivity index (χ0v) is 9.93. The molecule has 94 valence electrons. The molecule has 1 N–H and O–H groups in total. The molecule has 5 heteroatoms. The van der Waals surface area contributed by atoms with Crippen LogP contribution in [0.25, 0.3) is 0 Å². The van der Waals surface area contributed by atoms with Gasteiger partial charge in [0.25, 0.3) is 0 Å². The molecule has 0 spiro atoms. The second-order valence-corrected chi connectivity index (χ2v) is 3.19. The summed E-state index contributed by atoms with van der Waals surface area (Å²) >= 11 is 0. The summed E-state index contributed by atoms with van der Waals surface area (Å²) in [6.45, 7) is 3.18. The first kappa shape index (κ1) is 13.3. The molecular weight excluding hydrogens is 224 g/mol. The molecule has 5 nitrogen and oxygen atoms in total. The van der Waals surface area contributed by atoms with Crippen molar-refractivity contribution < 1.29 is 24.1 Å². The number of carboxylic acids is 1. The molecule has 17 heavy (non-hydrogen) atoms. The zero-order chi connectivity index (χ0) is 12.7. The number of rotatable bonds is 7. The Kier molecular flexibility index (Phi) is 5.29. The summed E-state index contributed by atoms with van der Waals surface area (Å²) in [6, 6.07) is 4.74. The number of ether oxygens (including phenoxy) is 3. The lowest BCUT2D eigenvalue weighted by Gasteiger charge is -2.12. The number of methoxy groups -OCH3 is 1. The molecule has 1 aromatic rings. The van der Waals surface area contributed by atoms with Crippen LogP contribution in [0.1, 0.15) is 17.3 Å². The van der Waals surface area contributed by atoms with E-state index in [2.05, 4.69) is 0 Å². The number of hydrogen-bond acceptors (Lipinski definition) is 4. The Hall–Kier alpha value is -1.75. The zero-order valence-electron chi connectivity index (χ0n) is 9.93. The second kappa shape index (κ2) is 6.75. The molecule has 0 atom stereocenters. The average molecular weight is 240 g/mol. The van der Waals surface area contributed by atoms with E-state index in [1.165, 1.54) is 13.2 Å². The van der Waals surface area contributed by atoms with Crippen LogP contribution in [-0.4, -0.2) is 38.0 Å². The maximum atomic E-state index is 11.0. The van der Waals surface area contributed by atoms with E-state index in [0.717, 1.165) is 0 Å². The smallest absolute Gasteiger partial charge is 0.339 e. The highest BCUT2D eigenvalue weighted by Crippen LogP contribution is 2.30. The Labute approximate surface area is 99.9 Å². The van der Waals surface area contributed by atoms with Gasteiger partial charge in [-0.3, -0.25) is 0 Å². The van der Waals surface area contributed by atoms with E-state index in [1.54, 1.807) is 12.1 Å². The van der Waals surface area contributed by atoms with E-state index < -0.39 is 5.97 Å². The molecule has 0 amide bonds. The molecule has 0 radical (unpaired) electrons. The lowest BCUT2D eigenvalue weighted by atomic mass is 10.2. The second-order valence-electron chi connectivity index (χ2n) is 3.19. The summed E-state index contributed by atoms with van der Waals surface area (Å²) in [4.78, 5) is 11.0. The van der Waals surface area contributed by atoms with Crippen LogP contribution in [0, 0.1) is 0 Å². The topological polar surface area (TPSA) is 65.0 Å². The first-order valence-corrected chi connectivity index (χ1v) is 5.31. The SMILES string of the molecule is CCOCCOc1c(OC)cccc1C(=O)O. The minimum absolute atomic E-state index is 0.0841. The number of carboxylic acid groups (broad SMARTS) is 1. The van der Waals surface area contributed by atoms with Gasteiger partial charge in [0.1, 0.15) is 12.2 Å². The van der Waals surface area contributed by atoms with E-state index in [4.69, 9.17) is 19.3 Å². The third-order valence-electron chi connectivity index (χ3n) is 2.11. The molecule has 0 aliphatic heterocycles. The first-order valence-electron chi connectivity index (χ1n) is 5.31. The van der Waals surface area contributed by atoms with Gasteiger partial charge in [0.05, 0.1) is 13.7 Å². The van der Waals surface area contributed by atoms with Gasteiger partial charge in [-0.2, -0.15) is 0 Å². The van der Waals surface area contributed by atoms with Crippen LogP contribution in [0.2, 0.25) is 0 Å². The third-order valence-corrected chi connectivity index (χ3v) is 2.11. The van der Waals surface area contributed by atoms with E-state index in [0.29, 0.717) is 19.0 Å². The summed E-state index contributed by atoms with van der Waals surface area (Å²) in [5.74, 6) is -0.404. The van der Waals surface area contributed by atoms with Crippen molar-refractivity contribution in [2.45, 2.75) is 6.92 Å². The fourth-order valence-electron chi connectivity index (χ4n) is 1.34. The van der Waals surface area contributed by atoms with Crippen molar-refractivity contribution in [3.8, 4) is 11.5 Å². The minimum atomic E-state index is -1.05. The Balaban J connectivity index is 2.82. The molecule has 0 bridgehead atoms. The van der Waals surface area contributed by atoms with Crippen LogP contribution in [0.15, 0.2) is 18.2 Å². The quantitative estimate of drug-likeness (QED) is 0.736. The molecule has 0 fully saturated rings. The number of para-hydroxylation sites is 1.